The van der Waals surface area contributed by atoms with E-state index in [2.05, 4.69) is 26.7 Å². The molecule has 15 heavy (non-hydrogen) atoms. The molecule has 0 fully saturated rings. The molecule has 1 unspecified atom stereocenters. The van der Waals surface area contributed by atoms with Gasteiger partial charge in [-0.25, -0.2) is 0 Å². The molecule has 0 aliphatic carbocycles. The van der Waals surface area contributed by atoms with E-state index in [0.717, 1.165) is 12.8 Å². The van der Waals surface area contributed by atoms with E-state index in [9.17, 15) is 0 Å². The van der Waals surface area contributed by atoms with Crippen molar-refractivity contribution in [2.75, 3.05) is 0 Å². The lowest BCUT2D eigenvalue weighted by molar-refractivity contribution is 0.412. The van der Waals surface area contributed by atoms with Gasteiger partial charge in [-0.05, 0) is 18.0 Å². The Kier molecular flexibility index (Phi) is 3.02. The van der Waals surface area contributed by atoms with E-state index >= 15 is 0 Å². The highest BCUT2D eigenvalue weighted by atomic mass is 32.1. The zero-order chi connectivity index (χ0) is 10.7. The van der Waals surface area contributed by atoms with Crippen LogP contribution in [0.15, 0.2) is 9.90 Å². The molecule has 0 aromatic carbocycles. The molecule has 0 aliphatic rings. The van der Waals surface area contributed by atoms with Crippen molar-refractivity contribution in [1.82, 2.24) is 19.7 Å². The van der Waals surface area contributed by atoms with E-state index in [-0.39, 0.29) is 6.04 Å². The molecular formula is C8H11N5OS. The van der Waals surface area contributed by atoms with E-state index in [1.54, 1.807) is 5.38 Å². The molecule has 0 aliphatic heterocycles. The van der Waals surface area contributed by atoms with Gasteiger partial charge in [-0.2, -0.15) is 4.98 Å². The molecule has 80 valence electrons. The molecule has 0 saturated heterocycles. The maximum Gasteiger partial charge on any atom is 0.279 e. The highest BCUT2D eigenvalue weighted by molar-refractivity contribution is 7.03. The Morgan fingerprint density at radius 3 is 3.13 bits per heavy atom. The number of rotatable bonds is 4. The number of nitrogens with two attached hydrogens (primary N) is 1. The second kappa shape index (κ2) is 4.45. The molecule has 2 N–H and O–H groups in total. The smallest absolute Gasteiger partial charge is 0.279 e. The van der Waals surface area contributed by atoms with Gasteiger partial charge in [0.1, 0.15) is 0 Å². The van der Waals surface area contributed by atoms with E-state index in [1.807, 2.05) is 0 Å². The monoisotopic (exact) mass is 225 g/mol. The van der Waals surface area contributed by atoms with Crippen molar-refractivity contribution in [3.05, 3.63) is 11.2 Å². The first-order chi connectivity index (χ1) is 7.31. The summed E-state index contributed by atoms with van der Waals surface area (Å²) in [5.41, 5.74) is 6.45. The van der Waals surface area contributed by atoms with Gasteiger partial charge in [-0.15, -0.1) is 5.10 Å². The van der Waals surface area contributed by atoms with Gasteiger partial charge in [0.2, 0.25) is 0 Å². The van der Waals surface area contributed by atoms with Crippen LogP contribution in [0.25, 0.3) is 11.6 Å². The minimum atomic E-state index is -0.168. The lowest BCUT2D eigenvalue weighted by Gasteiger charge is -2.02. The van der Waals surface area contributed by atoms with Gasteiger partial charge in [0.15, 0.2) is 11.5 Å². The molecular weight excluding hydrogens is 214 g/mol. The quantitative estimate of drug-likeness (QED) is 0.845. The molecule has 2 heterocycles. The maximum atomic E-state index is 5.85. The van der Waals surface area contributed by atoms with Gasteiger partial charge in [0.25, 0.3) is 5.89 Å². The van der Waals surface area contributed by atoms with Gasteiger partial charge >= 0.3 is 0 Å². The molecule has 0 spiro atoms. The Labute approximate surface area is 90.7 Å². The first kappa shape index (κ1) is 10.2. The summed E-state index contributed by atoms with van der Waals surface area (Å²) in [6.07, 6.45) is 1.83. The maximum absolute atomic E-state index is 5.85. The first-order valence-electron chi connectivity index (χ1n) is 4.68. The van der Waals surface area contributed by atoms with Crippen LogP contribution in [0.5, 0.6) is 0 Å². The largest absolute Gasteiger partial charge is 0.332 e. The molecule has 0 saturated carbocycles. The van der Waals surface area contributed by atoms with Crippen LogP contribution in [0, 0.1) is 0 Å². The number of aromatic nitrogens is 4. The summed E-state index contributed by atoms with van der Waals surface area (Å²) in [5.74, 6) is 0.908. The number of hydrogen-bond donors (Lipinski definition) is 1. The fourth-order valence-corrected chi connectivity index (χ4v) is 1.62. The highest BCUT2D eigenvalue weighted by Gasteiger charge is 2.15. The Hall–Kier alpha value is -1.34. The first-order valence-corrected chi connectivity index (χ1v) is 5.51. The normalized spacial score (nSPS) is 12.9. The summed E-state index contributed by atoms with van der Waals surface area (Å²) in [4.78, 5) is 4.17. The van der Waals surface area contributed by atoms with Gasteiger partial charge in [-0.1, -0.05) is 23.0 Å². The van der Waals surface area contributed by atoms with Crippen molar-refractivity contribution in [3.63, 3.8) is 0 Å². The summed E-state index contributed by atoms with van der Waals surface area (Å²) in [7, 11) is 0. The molecule has 2 aromatic heterocycles. The molecule has 0 bridgehead atoms. The van der Waals surface area contributed by atoms with E-state index < -0.39 is 0 Å². The Balaban J connectivity index is 2.17. The van der Waals surface area contributed by atoms with Crippen molar-refractivity contribution in [2.45, 2.75) is 25.8 Å². The zero-order valence-electron chi connectivity index (χ0n) is 8.25. The van der Waals surface area contributed by atoms with Crippen LogP contribution in [0.2, 0.25) is 0 Å². The molecule has 2 rings (SSSR count). The second-order valence-corrected chi connectivity index (χ2v) is 3.75. The van der Waals surface area contributed by atoms with Crippen LogP contribution in [0.3, 0.4) is 0 Å². The minimum absolute atomic E-state index is 0.168. The fraction of sp³-hybridized carbons (Fsp3) is 0.500. The van der Waals surface area contributed by atoms with Crippen molar-refractivity contribution in [1.29, 1.82) is 0 Å². The molecule has 6 nitrogen and oxygen atoms in total. The zero-order valence-corrected chi connectivity index (χ0v) is 9.07. The number of hydrogen-bond acceptors (Lipinski definition) is 7. The van der Waals surface area contributed by atoms with Crippen molar-refractivity contribution >= 4 is 11.5 Å². The summed E-state index contributed by atoms with van der Waals surface area (Å²) >= 11 is 1.24. The summed E-state index contributed by atoms with van der Waals surface area (Å²) in [5, 5.41) is 9.41. The lowest BCUT2D eigenvalue weighted by Crippen LogP contribution is -2.11. The van der Waals surface area contributed by atoms with Crippen molar-refractivity contribution < 1.29 is 4.52 Å². The Morgan fingerprint density at radius 2 is 2.47 bits per heavy atom. The van der Waals surface area contributed by atoms with E-state index in [4.69, 9.17) is 10.3 Å². The average Bonchev–Trinajstić information content (AvgIpc) is 2.89. The summed E-state index contributed by atoms with van der Waals surface area (Å²) < 4.78 is 8.76. The Morgan fingerprint density at radius 1 is 1.60 bits per heavy atom. The second-order valence-electron chi connectivity index (χ2n) is 3.14. The summed E-state index contributed by atoms with van der Waals surface area (Å²) in [6, 6.07) is -0.168. The van der Waals surface area contributed by atoms with Crippen molar-refractivity contribution in [3.8, 4) is 11.6 Å². The van der Waals surface area contributed by atoms with Crippen LogP contribution in [0.4, 0.5) is 0 Å². The number of nitrogens with zero attached hydrogens (tertiary/aromatic N) is 4. The van der Waals surface area contributed by atoms with E-state index in [1.165, 1.54) is 11.5 Å². The van der Waals surface area contributed by atoms with Crippen LogP contribution in [-0.4, -0.2) is 19.7 Å². The van der Waals surface area contributed by atoms with Crippen LogP contribution < -0.4 is 5.73 Å². The van der Waals surface area contributed by atoms with Crippen LogP contribution in [-0.2, 0) is 0 Å². The Bertz CT molecular complexity index is 412. The van der Waals surface area contributed by atoms with Crippen LogP contribution >= 0.6 is 11.5 Å². The summed E-state index contributed by atoms with van der Waals surface area (Å²) in [6.45, 7) is 2.06. The standard InChI is InChI=1S/C8H11N5OS/c1-2-3-5(9)7-10-8(14-12-7)6-4-15-13-11-6/h4-5H,2-3,9H2,1H3. The van der Waals surface area contributed by atoms with Gasteiger partial charge in [-0.3, -0.25) is 0 Å². The molecule has 0 amide bonds. The fourth-order valence-electron chi connectivity index (χ4n) is 1.19. The van der Waals surface area contributed by atoms with Gasteiger partial charge < -0.3 is 10.3 Å². The molecule has 0 radical (unpaired) electrons. The molecule has 1 atom stereocenters. The van der Waals surface area contributed by atoms with Crippen LogP contribution in [0.1, 0.15) is 31.6 Å². The van der Waals surface area contributed by atoms with E-state index in [0.29, 0.717) is 17.4 Å². The predicted octanol–water partition coefficient (Wildman–Crippen LogP) is 1.39. The van der Waals surface area contributed by atoms with Gasteiger partial charge in [0, 0.05) is 5.38 Å². The third-order valence-electron chi connectivity index (χ3n) is 1.95. The third-order valence-corrected chi connectivity index (χ3v) is 2.46. The molecule has 2 aromatic rings. The molecule has 7 heteroatoms. The average molecular weight is 225 g/mol. The van der Waals surface area contributed by atoms with Crippen molar-refractivity contribution in [2.24, 2.45) is 5.73 Å². The SMILES string of the molecule is CCCC(N)c1noc(-c2csnn2)n1. The minimum Gasteiger partial charge on any atom is -0.332 e. The topological polar surface area (TPSA) is 90.7 Å². The lowest BCUT2D eigenvalue weighted by atomic mass is 10.2. The van der Waals surface area contributed by atoms with Gasteiger partial charge in [0.05, 0.1) is 6.04 Å². The highest BCUT2D eigenvalue weighted by Crippen LogP contribution is 2.18. The predicted molar refractivity (Wildman–Crippen MR) is 55.0 cm³/mol. The third kappa shape index (κ3) is 2.18.